The largest absolute Gasteiger partial charge is 0.459 e. The molecule has 5 nitrogen and oxygen atoms in total. The quantitative estimate of drug-likeness (QED) is 0.752. The first-order valence-electron chi connectivity index (χ1n) is 3.90. The van der Waals surface area contributed by atoms with Crippen LogP contribution in [0.15, 0.2) is 27.2 Å². The Hall–Kier alpha value is -1.62. The van der Waals surface area contributed by atoms with Gasteiger partial charge < -0.3 is 14.6 Å². The van der Waals surface area contributed by atoms with Crippen LogP contribution in [0.5, 0.6) is 0 Å². The molecule has 1 unspecified atom stereocenters. The van der Waals surface area contributed by atoms with Gasteiger partial charge in [0.25, 0.3) is 5.89 Å². The molecule has 0 amide bonds. The van der Waals surface area contributed by atoms with Crippen molar-refractivity contribution in [2.45, 2.75) is 13.0 Å². The smallest absolute Gasteiger partial charge is 0.283 e. The molecule has 0 aromatic carbocycles. The molecule has 0 saturated carbocycles. The Morgan fingerprint density at radius 2 is 2.31 bits per heavy atom. The molecule has 0 spiro atoms. The second-order valence-corrected chi connectivity index (χ2v) is 2.71. The first-order chi connectivity index (χ1) is 6.27. The maximum absolute atomic E-state index is 5.55. The van der Waals surface area contributed by atoms with Crippen LogP contribution >= 0.6 is 0 Å². The molecule has 2 heterocycles. The van der Waals surface area contributed by atoms with E-state index in [0.29, 0.717) is 17.5 Å². The van der Waals surface area contributed by atoms with E-state index in [0.717, 1.165) is 0 Å². The fraction of sp³-hybridized carbons (Fsp3) is 0.250. The lowest BCUT2D eigenvalue weighted by Gasteiger charge is -1.93. The van der Waals surface area contributed by atoms with E-state index in [9.17, 15) is 0 Å². The minimum absolute atomic E-state index is 0.254. The molecule has 13 heavy (non-hydrogen) atoms. The lowest BCUT2D eigenvalue weighted by atomic mass is 10.4. The van der Waals surface area contributed by atoms with Crippen LogP contribution in [-0.2, 0) is 0 Å². The zero-order valence-electron chi connectivity index (χ0n) is 7.10. The predicted octanol–water partition coefficient (Wildman–Crippen LogP) is 1.35. The van der Waals surface area contributed by atoms with E-state index in [-0.39, 0.29) is 6.04 Å². The molecule has 2 rings (SSSR count). The zero-order chi connectivity index (χ0) is 9.26. The molecule has 0 fully saturated rings. The van der Waals surface area contributed by atoms with Crippen molar-refractivity contribution >= 4 is 0 Å². The van der Waals surface area contributed by atoms with Crippen molar-refractivity contribution in [3.05, 3.63) is 24.3 Å². The van der Waals surface area contributed by atoms with Gasteiger partial charge in [-0.05, 0) is 19.1 Å². The van der Waals surface area contributed by atoms with Gasteiger partial charge in [0.2, 0.25) is 5.89 Å². The number of rotatable bonds is 2. The highest BCUT2D eigenvalue weighted by atomic mass is 16.4. The van der Waals surface area contributed by atoms with Crippen LogP contribution in [0.3, 0.4) is 0 Å². The van der Waals surface area contributed by atoms with Crippen LogP contribution in [-0.4, -0.2) is 10.2 Å². The van der Waals surface area contributed by atoms with Crippen molar-refractivity contribution in [1.29, 1.82) is 0 Å². The summed E-state index contributed by atoms with van der Waals surface area (Å²) in [5, 5.41) is 7.56. The average molecular weight is 179 g/mol. The summed E-state index contributed by atoms with van der Waals surface area (Å²) < 4.78 is 10.3. The van der Waals surface area contributed by atoms with E-state index in [2.05, 4.69) is 10.2 Å². The third kappa shape index (κ3) is 1.46. The van der Waals surface area contributed by atoms with Gasteiger partial charge in [0.15, 0.2) is 5.76 Å². The second kappa shape index (κ2) is 3.02. The molecule has 68 valence electrons. The van der Waals surface area contributed by atoms with Gasteiger partial charge in [-0.25, -0.2) is 0 Å². The van der Waals surface area contributed by atoms with E-state index in [4.69, 9.17) is 14.6 Å². The summed E-state index contributed by atoms with van der Waals surface area (Å²) in [5.74, 6) is 1.32. The van der Waals surface area contributed by atoms with Crippen LogP contribution in [0.2, 0.25) is 0 Å². The highest BCUT2D eigenvalue weighted by molar-refractivity contribution is 5.42. The number of furan rings is 1. The van der Waals surface area contributed by atoms with Crippen LogP contribution in [0.4, 0.5) is 0 Å². The van der Waals surface area contributed by atoms with Gasteiger partial charge in [-0.1, -0.05) is 0 Å². The van der Waals surface area contributed by atoms with E-state index >= 15 is 0 Å². The summed E-state index contributed by atoms with van der Waals surface area (Å²) in [4.78, 5) is 0. The van der Waals surface area contributed by atoms with Crippen LogP contribution < -0.4 is 5.73 Å². The van der Waals surface area contributed by atoms with Gasteiger partial charge in [0.05, 0.1) is 12.3 Å². The van der Waals surface area contributed by atoms with Crippen LogP contribution in [0, 0.1) is 0 Å². The summed E-state index contributed by atoms with van der Waals surface area (Å²) in [6.45, 7) is 1.78. The Kier molecular flexibility index (Phi) is 1.86. The summed E-state index contributed by atoms with van der Waals surface area (Å²) in [7, 11) is 0. The molecule has 0 aliphatic heterocycles. The van der Waals surface area contributed by atoms with E-state index in [1.807, 2.05) is 0 Å². The fourth-order valence-electron chi connectivity index (χ4n) is 0.918. The highest BCUT2D eigenvalue weighted by Gasteiger charge is 2.12. The normalized spacial score (nSPS) is 13.1. The lowest BCUT2D eigenvalue weighted by molar-refractivity contribution is 0.456. The third-order valence-corrected chi connectivity index (χ3v) is 1.56. The van der Waals surface area contributed by atoms with Crippen molar-refractivity contribution in [3.8, 4) is 11.7 Å². The second-order valence-electron chi connectivity index (χ2n) is 2.71. The van der Waals surface area contributed by atoms with E-state index in [1.165, 1.54) is 0 Å². The molecule has 0 aliphatic rings. The summed E-state index contributed by atoms with van der Waals surface area (Å²) in [6, 6.07) is 3.25. The van der Waals surface area contributed by atoms with Gasteiger partial charge in [0.1, 0.15) is 0 Å². The Morgan fingerprint density at radius 3 is 2.85 bits per heavy atom. The first kappa shape index (κ1) is 8.00. The highest BCUT2D eigenvalue weighted by Crippen LogP contribution is 2.19. The van der Waals surface area contributed by atoms with Crippen molar-refractivity contribution in [1.82, 2.24) is 10.2 Å². The van der Waals surface area contributed by atoms with E-state index < -0.39 is 0 Å². The lowest BCUT2D eigenvalue weighted by Crippen LogP contribution is -2.04. The molecule has 0 bridgehead atoms. The van der Waals surface area contributed by atoms with Gasteiger partial charge in [-0.3, -0.25) is 0 Å². The molecule has 2 aromatic rings. The fourth-order valence-corrected chi connectivity index (χ4v) is 0.918. The average Bonchev–Trinajstić information content (AvgIpc) is 2.75. The Bertz CT molecular complexity index is 378. The Morgan fingerprint density at radius 1 is 1.46 bits per heavy atom. The third-order valence-electron chi connectivity index (χ3n) is 1.56. The first-order valence-corrected chi connectivity index (χ1v) is 3.90. The topological polar surface area (TPSA) is 78.1 Å². The maximum Gasteiger partial charge on any atom is 0.283 e. The zero-order valence-corrected chi connectivity index (χ0v) is 7.10. The Labute approximate surface area is 74.6 Å². The minimum atomic E-state index is -0.254. The number of hydrogen-bond acceptors (Lipinski definition) is 5. The monoisotopic (exact) mass is 179 g/mol. The van der Waals surface area contributed by atoms with E-state index in [1.54, 1.807) is 25.3 Å². The molecule has 5 heteroatoms. The molecule has 2 N–H and O–H groups in total. The summed E-state index contributed by atoms with van der Waals surface area (Å²) in [5.41, 5.74) is 5.55. The molecule has 0 saturated heterocycles. The van der Waals surface area contributed by atoms with Crippen LogP contribution in [0.1, 0.15) is 18.9 Å². The summed E-state index contributed by atoms with van der Waals surface area (Å²) >= 11 is 0. The molecule has 0 aliphatic carbocycles. The molecule has 2 aromatic heterocycles. The number of hydrogen-bond donors (Lipinski definition) is 1. The van der Waals surface area contributed by atoms with Crippen molar-refractivity contribution in [2.24, 2.45) is 5.73 Å². The standard InChI is InChI=1S/C8H9N3O2/c1-5(9)7-10-11-8(13-7)6-3-2-4-12-6/h2-5H,9H2,1H3. The number of nitrogens with two attached hydrogens (primary N) is 1. The molecular formula is C8H9N3O2. The maximum atomic E-state index is 5.55. The summed E-state index contributed by atoms with van der Waals surface area (Å²) in [6.07, 6.45) is 1.55. The van der Waals surface area contributed by atoms with Crippen LogP contribution in [0.25, 0.3) is 11.7 Å². The van der Waals surface area contributed by atoms with Gasteiger partial charge >= 0.3 is 0 Å². The van der Waals surface area contributed by atoms with Crippen molar-refractivity contribution < 1.29 is 8.83 Å². The predicted molar refractivity (Wildman–Crippen MR) is 44.6 cm³/mol. The van der Waals surface area contributed by atoms with Gasteiger partial charge in [-0.15, -0.1) is 10.2 Å². The van der Waals surface area contributed by atoms with Crippen molar-refractivity contribution in [3.63, 3.8) is 0 Å². The van der Waals surface area contributed by atoms with Crippen molar-refractivity contribution in [2.75, 3.05) is 0 Å². The molecule has 0 radical (unpaired) electrons. The number of nitrogens with zero attached hydrogens (tertiary/aromatic N) is 2. The van der Waals surface area contributed by atoms with Gasteiger partial charge in [0, 0.05) is 0 Å². The Balaban J connectivity index is 2.33. The molecular weight excluding hydrogens is 170 g/mol. The minimum Gasteiger partial charge on any atom is -0.459 e. The molecule has 1 atom stereocenters. The number of aromatic nitrogens is 2. The van der Waals surface area contributed by atoms with Gasteiger partial charge in [-0.2, -0.15) is 0 Å². The SMILES string of the molecule is CC(N)c1nnc(-c2ccco2)o1.